The first-order chi connectivity index (χ1) is 9.88. The van der Waals surface area contributed by atoms with E-state index >= 15 is 0 Å². The SMILES string of the molecule is O=[N+]([O-])c1cc(Cl)ccc1CNc1c(Cl)cc(Br)cc1Cl. The fourth-order valence-electron chi connectivity index (χ4n) is 1.75. The van der Waals surface area contributed by atoms with Crippen molar-refractivity contribution in [2.45, 2.75) is 6.54 Å². The van der Waals surface area contributed by atoms with E-state index in [0.717, 1.165) is 4.47 Å². The van der Waals surface area contributed by atoms with Gasteiger partial charge in [0.25, 0.3) is 5.69 Å². The second kappa shape index (κ2) is 6.83. The van der Waals surface area contributed by atoms with E-state index in [0.29, 0.717) is 26.3 Å². The number of nitro groups is 1. The lowest BCUT2D eigenvalue weighted by Crippen LogP contribution is -2.04. The van der Waals surface area contributed by atoms with Crippen LogP contribution < -0.4 is 5.32 Å². The van der Waals surface area contributed by atoms with Crippen molar-refractivity contribution in [3.8, 4) is 0 Å². The van der Waals surface area contributed by atoms with E-state index in [1.165, 1.54) is 6.07 Å². The Balaban J connectivity index is 2.27. The first kappa shape index (κ1) is 16.4. The van der Waals surface area contributed by atoms with Crippen molar-refractivity contribution < 1.29 is 4.92 Å². The van der Waals surface area contributed by atoms with Crippen molar-refractivity contribution in [1.29, 1.82) is 0 Å². The molecule has 2 aromatic rings. The third kappa shape index (κ3) is 4.01. The molecule has 0 saturated carbocycles. The van der Waals surface area contributed by atoms with Crippen LogP contribution in [0, 0.1) is 10.1 Å². The Morgan fingerprint density at radius 3 is 2.33 bits per heavy atom. The number of hydrogen-bond acceptors (Lipinski definition) is 3. The van der Waals surface area contributed by atoms with Gasteiger partial charge >= 0.3 is 0 Å². The molecular weight excluding hydrogens is 402 g/mol. The van der Waals surface area contributed by atoms with Crippen molar-refractivity contribution in [1.82, 2.24) is 0 Å². The lowest BCUT2D eigenvalue weighted by Gasteiger charge is -2.11. The van der Waals surface area contributed by atoms with Crippen molar-refractivity contribution in [2.24, 2.45) is 0 Å². The maximum atomic E-state index is 11.0. The number of rotatable bonds is 4. The molecule has 0 amide bonds. The van der Waals surface area contributed by atoms with Crippen LogP contribution in [0.2, 0.25) is 15.1 Å². The van der Waals surface area contributed by atoms with E-state index in [4.69, 9.17) is 34.8 Å². The highest BCUT2D eigenvalue weighted by atomic mass is 79.9. The lowest BCUT2D eigenvalue weighted by atomic mass is 10.1. The highest BCUT2D eigenvalue weighted by Gasteiger charge is 2.15. The third-order valence-corrected chi connectivity index (χ3v) is 4.00. The van der Waals surface area contributed by atoms with E-state index < -0.39 is 4.92 Å². The minimum absolute atomic E-state index is 0.0562. The van der Waals surface area contributed by atoms with Crippen LogP contribution in [0.25, 0.3) is 0 Å². The Kier molecular flexibility index (Phi) is 5.32. The number of halogens is 4. The van der Waals surface area contributed by atoms with Gasteiger partial charge in [-0.15, -0.1) is 0 Å². The largest absolute Gasteiger partial charge is 0.378 e. The molecule has 0 aliphatic carbocycles. The second-order valence-corrected chi connectivity index (χ2v) is 6.29. The smallest absolute Gasteiger partial charge is 0.275 e. The first-order valence-corrected chi connectivity index (χ1v) is 7.62. The molecule has 0 heterocycles. The molecule has 2 rings (SSSR count). The van der Waals surface area contributed by atoms with Gasteiger partial charge in [-0.05, 0) is 24.3 Å². The summed E-state index contributed by atoms with van der Waals surface area (Å²) in [6.45, 7) is 0.203. The summed E-state index contributed by atoms with van der Waals surface area (Å²) in [4.78, 5) is 10.5. The van der Waals surface area contributed by atoms with Gasteiger partial charge < -0.3 is 5.32 Å². The molecule has 0 spiro atoms. The molecule has 1 N–H and O–H groups in total. The number of nitrogens with zero attached hydrogens (tertiary/aromatic N) is 1. The summed E-state index contributed by atoms with van der Waals surface area (Å²) in [5.74, 6) is 0. The van der Waals surface area contributed by atoms with Gasteiger partial charge in [0, 0.05) is 27.7 Å². The van der Waals surface area contributed by atoms with Crippen LogP contribution in [0.15, 0.2) is 34.8 Å². The maximum absolute atomic E-state index is 11.0. The molecule has 0 aliphatic rings. The molecule has 8 heteroatoms. The van der Waals surface area contributed by atoms with Crippen LogP contribution in [0.3, 0.4) is 0 Å². The minimum Gasteiger partial charge on any atom is -0.378 e. The standard InChI is InChI=1S/C13H8BrCl3N2O2/c14-8-3-10(16)13(11(17)4-8)18-6-7-1-2-9(15)5-12(7)19(20)21/h1-5,18H,6H2. The average molecular weight is 410 g/mol. The van der Waals surface area contributed by atoms with Crippen molar-refractivity contribution in [3.63, 3.8) is 0 Å². The topological polar surface area (TPSA) is 55.2 Å². The van der Waals surface area contributed by atoms with Crippen molar-refractivity contribution in [3.05, 3.63) is 65.6 Å². The van der Waals surface area contributed by atoms with Crippen molar-refractivity contribution >= 4 is 62.1 Å². The Bertz CT molecular complexity index is 687. The predicted molar refractivity (Wildman–Crippen MR) is 89.6 cm³/mol. The lowest BCUT2D eigenvalue weighted by molar-refractivity contribution is -0.385. The van der Waals surface area contributed by atoms with Gasteiger partial charge in [0.2, 0.25) is 0 Å². The van der Waals surface area contributed by atoms with Crippen LogP contribution in [-0.4, -0.2) is 4.92 Å². The molecule has 0 bridgehead atoms. The zero-order valence-corrected chi connectivity index (χ0v) is 14.2. The predicted octanol–water partition coefficient (Wildman–Crippen LogP) is 5.93. The zero-order valence-electron chi connectivity index (χ0n) is 10.4. The van der Waals surface area contributed by atoms with E-state index in [-0.39, 0.29) is 12.2 Å². The highest BCUT2D eigenvalue weighted by Crippen LogP contribution is 2.34. The molecule has 4 nitrogen and oxygen atoms in total. The number of nitro benzene ring substituents is 1. The molecule has 0 radical (unpaired) electrons. The Hall–Kier alpha value is -1.01. The number of hydrogen-bond donors (Lipinski definition) is 1. The Morgan fingerprint density at radius 2 is 1.76 bits per heavy atom. The van der Waals surface area contributed by atoms with Crippen molar-refractivity contribution in [2.75, 3.05) is 5.32 Å². The Labute approximate surface area is 144 Å². The summed E-state index contributed by atoms with van der Waals surface area (Å²) >= 11 is 21.2. The fraction of sp³-hybridized carbons (Fsp3) is 0.0769. The van der Waals surface area contributed by atoms with Gasteiger partial charge in [-0.3, -0.25) is 10.1 Å². The molecule has 0 fully saturated rings. The average Bonchev–Trinajstić information content (AvgIpc) is 2.38. The molecule has 110 valence electrons. The third-order valence-electron chi connectivity index (χ3n) is 2.71. The zero-order chi connectivity index (χ0) is 15.6. The summed E-state index contributed by atoms with van der Waals surface area (Å²) in [5, 5.41) is 15.2. The molecule has 0 atom stereocenters. The van der Waals surface area contributed by atoms with Gasteiger partial charge in [-0.1, -0.05) is 50.7 Å². The fourth-order valence-corrected chi connectivity index (χ4v) is 3.26. The summed E-state index contributed by atoms with van der Waals surface area (Å²) in [6, 6.07) is 7.87. The summed E-state index contributed by atoms with van der Waals surface area (Å²) in [5.41, 5.74) is 0.949. The normalized spacial score (nSPS) is 10.5. The number of benzene rings is 2. The monoisotopic (exact) mass is 408 g/mol. The van der Waals surface area contributed by atoms with Crippen LogP contribution >= 0.6 is 50.7 Å². The van der Waals surface area contributed by atoms with Crippen LogP contribution in [0.1, 0.15) is 5.56 Å². The summed E-state index contributed by atoms with van der Waals surface area (Å²) < 4.78 is 0.750. The quantitative estimate of drug-likeness (QED) is 0.502. The molecule has 0 aliphatic heterocycles. The van der Waals surface area contributed by atoms with Gasteiger partial charge in [-0.25, -0.2) is 0 Å². The molecule has 2 aromatic carbocycles. The number of anilines is 1. The van der Waals surface area contributed by atoms with Crippen LogP contribution in [0.5, 0.6) is 0 Å². The molecule has 21 heavy (non-hydrogen) atoms. The highest BCUT2D eigenvalue weighted by molar-refractivity contribution is 9.10. The Morgan fingerprint density at radius 1 is 1.14 bits per heavy atom. The number of nitrogens with one attached hydrogen (secondary N) is 1. The van der Waals surface area contributed by atoms with Gasteiger partial charge in [0.05, 0.1) is 20.7 Å². The first-order valence-electron chi connectivity index (χ1n) is 5.69. The molecule has 0 aromatic heterocycles. The van der Waals surface area contributed by atoms with Gasteiger partial charge in [0.1, 0.15) is 0 Å². The van der Waals surface area contributed by atoms with Gasteiger partial charge in [0.15, 0.2) is 0 Å². The van der Waals surface area contributed by atoms with Gasteiger partial charge in [-0.2, -0.15) is 0 Å². The van der Waals surface area contributed by atoms with E-state index in [2.05, 4.69) is 21.2 Å². The van der Waals surface area contributed by atoms with E-state index in [9.17, 15) is 10.1 Å². The van der Waals surface area contributed by atoms with Crippen LogP contribution in [0.4, 0.5) is 11.4 Å². The summed E-state index contributed by atoms with van der Waals surface area (Å²) in [6.07, 6.45) is 0. The second-order valence-electron chi connectivity index (χ2n) is 4.13. The minimum atomic E-state index is -0.478. The summed E-state index contributed by atoms with van der Waals surface area (Å²) in [7, 11) is 0. The molecular formula is C13H8BrCl3N2O2. The molecule has 0 saturated heterocycles. The van der Waals surface area contributed by atoms with Crippen LogP contribution in [-0.2, 0) is 6.54 Å². The molecule has 0 unspecified atom stereocenters. The maximum Gasteiger partial charge on any atom is 0.275 e. The van der Waals surface area contributed by atoms with E-state index in [1.54, 1.807) is 24.3 Å². The van der Waals surface area contributed by atoms with E-state index in [1.807, 2.05) is 0 Å².